The molecule has 25 heavy (non-hydrogen) atoms. The number of aromatic nitrogens is 2. The molecule has 0 unspecified atom stereocenters. The van der Waals surface area contributed by atoms with E-state index in [0.717, 1.165) is 23.8 Å². The number of hydrogen-bond acceptors (Lipinski definition) is 5. The van der Waals surface area contributed by atoms with Crippen LogP contribution in [0.25, 0.3) is 0 Å². The van der Waals surface area contributed by atoms with Crippen molar-refractivity contribution in [2.45, 2.75) is 0 Å². The van der Waals surface area contributed by atoms with Crippen LogP contribution in [0.3, 0.4) is 0 Å². The molecule has 0 saturated carbocycles. The van der Waals surface area contributed by atoms with Crippen LogP contribution in [0.2, 0.25) is 5.02 Å². The first-order valence-corrected chi connectivity index (χ1v) is 8.52. The van der Waals surface area contributed by atoms with Crippen molar-refractivity contribution < 1.29 is 4.79 Å². The second kappa shape index (κ2) is 7.98. The van der Waals surface area contributed by atoms with E-state index in [1.165, 1.54) is 6.20 Å². The average Bonchev–Trinajstić information content (AvgIpc) is 2.66. The van der Waals surface area contributed by atoms with Gasteiger partial charge in [-0.1, -0.05) is 23.7 Å². The molecule has 130 valence electrons. The van der Waals surface area contributed by atoms with Gasteiger partial charge >= 0.3 is 0 Å². The minimum absolute atomic E-state index is 0.0893. The summed E-state index contributed by atoms with van der Waals surface area (Å²) in [6.07, 6.45) is 4.82. The number of benzene rings is 1. The van der Waals surface area contributed by atoms with Crippen LogP contribution in [-0.4, -0.2) is 53.5 Å². The topological polar surface area (TPSA) is 61.4 Å². The van der Waals surface area contributed by atoms with E-state index in [4.69, 9.17) is 11.6 Å². The van der Waals surface area contributed by atoms with E-state index >= 15 is 0 Å². The summed E-state index contributed by atoms with van der Waals surface area (Å²) in [5, 5.41) is 3.75. The summed E-state index contributed by atoms with van der Waals surface area (Å²) in [4.78, 5) is 25.0. The molecule has 0 bridgehead atoms. The van der Waals surface area contributed by atoms with E-state index < -0.39 is 0 Å². The molecule has 0 radical (unpaired) electrons. The van der Waals surface area contributed by atoms with Gasteiger partial charge in [-0.05, 0) is 18.2 Å². The number of amides is 1. The van der Waals surface area contributed by atoms with Crippen molar-refractivity contribution >= 4 is 29.0 Å². The van der Waals surface area contributed by atoms with Gasteiger partial charge in [-0.25, -0.2) is 9.97 Å². The van der Waals surface area contributed by atoms with Crippen LogP contribution < -0.4 is 10.2 Å². The van der Waals surface area contributed by atoms with Gasteiger partial charge in [0.25, 0.3) is 5.91 Å². The molecule has 2 heterocycles. The maximum atomic E-state index is 12.6. The highest BCUT2D eigenvalue weighted by molar-refractivity contribution is 6.30. The van der Waals surface area contributed by atoms with E-state index in [1.54, 1.807) is 12.3 Å². The minimum Gasteiger partial charge on any atom is -0.368 e. The van der Waals surface area contributed by atoms with Crippen molar-refractivity contribution in [2.24, 2.45) is 0 Å². The number of hydrogen-bond donors (Lipinski definition) is 1. The summed E-state index contributed by atoms with van der Waals surface area (Å²) < 4.78 is 0. The predicted octanol–water partition coefficient (Wildman–Crippen LogP) is 2.69. The third-order valence-corrected chi connectivity index (χ3v) is 4.27. The van der Waals surface area contributed by atoms with Crippen LogP contribution in [0.1, 0.15) is 10.5 Å². The van der Waals surface area contributed by atoms with Crippen molar-refractivity contribution in [2.75, 3.05) is 42.9 Å². The highest BCUT2D eigenvalue weighted by atomic mass is 35.5. The predicted molar refractivity (Wildman–Crippen MR) is 100 cm³/mol. The van der Waals surface area contributed by atoms with Crippen LogP contribution in [0, 0.1) is 0 Å². The number of piperazine rings is 1. The summed E-state index contributed by atoms with van der Waals surface area (Å²) >= 11 is 6.05. The van der Waals surface area contributed by atoms with Gasteiger partial charge in [0.15, 0.2) is 0 Å². The van der Waals surface area contributed by atoms with Crippen molar-refractivity contribution in [3.8, 4) is 0 Å². The average molecular weight is 358 g/mol. The molecular formula is C18H20ClN5O. The summed E-state index contributed by atoms with van der Waals surface area (Å²) in [7, 11) is 0. The maximum absolute atomic E-state index is 12.6. The number of nitrogens with zero attached hydrogens (tertiary/aromatic N) is 4. The van der Waals surface area contributed by atoms with Crippen LogP contribution >= 0.6 is 11.6 Å². The summed E-state index contributed by atoms with van der Waals surface area (Å²) in [5.74, 6) is 0.538. The van der Waals surface area contributed by atoms with Gasteiger partial charge < -0.3 is 15.1 Å². The molecule has 0 aliphatic carbocycles. The highest BCUT2D eigenvalue weighted by Gasteiger charge is 2.23. The monoisotopic (exact) mass is 357 g/mol. The number of rotatable bonds is 5. The van der Waals surface area contributed by atoms with E-state index in [0.29, 0.717) is 31.1 Å². The van der Waals surface area contributed by atoms with Gasteiger partial charge in [0.2, 0.25) is 0 Å². The molecule has 1 aromatic carbocycles. The van der Waals surface area contributed by atoms with Crippen molar-refractivity contribution in [1.29, 1.82) is 0 Å². The van der Waals surface area contributed by atoms with Crippen LogP contribution in [0.4, 0.5) is 11.5 Å². The molecule has 1 N–H and O–H groups in total. The first kappa shape index (κ1) is 17.2. The normalized spacial score (nSPS) is 14.3. The van der Waals surface area contributed by atoms with Gasteiger partial charge in [0.1, 0.15) is 11.5 Å². The number of carbonyl (C=O) groups is 1. The Bertz CT molecular complexity index is 741. The lowest BCUT2D eigenvalue weighted by Crippen LogP contribution is -2.49. The molecular weight excluding hydrogens is 338 g/mol. The minimum atomic E-state index is -0.0893. The molecule has 1 aliphatic rings. The Hall–Kier alpha value is -2.60. The number of nitrogens with one attached hydrogen (secondary N) is 1. The number of carbonyl (C=O) groups excluding carboxylic acids is 1. The zero-order valence-corrected chi connectivity index (χ0v) is 14.6. The Morgan fingerprint density at radius 3 is 2.68 bits per heavy atom. The van der Waals surface area contributed by atoms with Gasteiger partial charge in [-0.3, -0.25) is 4.79 Å². The summed E-state index contributed by atoms with van der Waals surface area (Å²) in [6, 6.07) is 7.77. The number of halogens is 1. The van der Waals surface area contributed by atoms with Gasteiger partial charge in [-0.2, -0.15) is 0 Å². The fraction of sp³-hybridized carbons (Fsp3) is 0.278. The Kier molecular flexibility index (Phi) is 5.50. The molecule has 1 fully saturated rings. The second-order valence-corrected chi connectivity index (χ2v) is 6.15. The van der Waals surface area contributed by atoms with Gasteiger partial charge in [-0.15, -0.1) is 6.58 Å². The van der Waals surface area contributed by atoms with Crippen molar-refractivity contribution in [1.82, 2.24) is 14.9 Å². The quantitative estimate of drug-likeness (QED) is 0.834. The summed E-state index contributed by atoms with van der Waals surface area (Å²) in [5.41, 5.74) is 1.44. The molecule has 1 aliphatic heterocycles. The number of anilines is 2. The van der Waals surface area contributed by atoms with Crippen LogP contribution in [0.15, 0.2) is 49.3 Å². The molecule has 2 aromatic rings. The lowest BCUT2D eigenvalue weighted by Gasteiger charge is -2.36. The van der Waals surface area contributed by atoms with Crippen LogP contribution in [0.5, 0.6) is 0 Å². The Morgan fingerprint density at radius 1 is 1.24 bits per heavy atom. The Balaban J connectivity index is 1.58. The Labute approximate surface area is 152 Å². The van der Waals surface area contributed by atoms with Crippen molar-refractivity contribution in [3.63, 3.8) is 0 Å². The lowest BCUT2D eigenvalue weighted by atomic mass is 10.2. The largest absolute Gasteiger partial charge is 0.368 e. The third-order valence-electron chi connectivity index (χ3n) is 4.04. The van der Waals surface area contributed by atoms with Crippen LogP contribution in [-0.2, 0) is 0 Å². The van der Waals surface area contributed by atoms with E-state index in [-0.39, 0.29) is 5.91 Å². The smallest absolute Gasteiger partial charge is 0.274 e. The fourth-order valence-electron chi connectivity index (χ4n) is 2.71. The third kappa shape index (κ3) is 4.28. The molecule has 1 aromatic heterocycles. The zero-order valence-electron chi connectivity index (χ0n) is 13.9. The first-order chi connectivity index (χ1) is 12.2. The Morgan fingerprint density at radius 2 is 2.04 bits per heavy atom. The fourth-order valence-corrected chi connectivity index (χ4v) is 2.89. The summed E-state index contributed by atoms with van der Waals surface area (Å²) in [6.45, 7) is 7.05. The molecule has 7 heteroatoms. The standard InChI is InChI=1S/C18H20ClN5O/c1-2-6-20-17-13-21-16(12-22-17)18(25)24-9-7-23(8-10-24)15-5-3-4-14(19)11-15/h2-5,11-13H,1,6-10H2,(H,20,22). The molecule has 0 atom stereocenters. The molecule has 0 spiro atoms. The zero-order chi connectivity index (χ0) is 17.6. The van der Waals surface area contributed by atoms with E-state index in [1.807, 2.05) is 29.2 Å². The highest BCUT2D eigenvalue weighted by Crippen LogP contribution is 2.21. The lowest BCUT2D eigenvalue weighted by molar-refractivity contribution is 0.0740. The second-order valence-electron chi connectivity index (χ2n) is 5.72. The SMILES string of the molecule is C=CCNc1cnc(C(=O)N2CCN(c3cccc(Cl)c3)CC2)cn1. The molecule has 3 rings (SSSR count). The maximum Gasteiger partial charge on any atom is 0.274 e. The van der Waals surface area contributed by atoms with Gasteiger partial charge in [0, 0.05) is 43.4 Å². The molecule has 1 amide bonds. The van der Waals surface area contributed by atoms with Crippen molar-refractivity contribution in [3.05, 3.63) is 60.0 Å². The van der Waals surface area contributed by atoms with E-state index in [9.17, 15) is 4.79 Å². The van der Waals surface area contributed by atoms with Gasteiger partial charge in [0.05, 0.1) is 12.4 Å². The molecule has 1 saturated heterocycles. The van der Waals surface area contributed by atoms with E-state index in [2.05, 4.69) is 26.8 Å². The first-order valence-electron chi connectivity index (χ1n) is 8.14. The molecule has 6 nitrogen and oxygen atoms in total.